The minimum Gasteiger partial charge on any atom is -0.399 e. The molecule has 0 fully saturated rings. The molecule has 0 aliphatic rings. The maximum atomic E-state index is 11.6. The Morgan fingerprint density at radius 2 is 2.22 bits per heavy atom. The van der Waals surface area contributed by atoms with Crippen LogP contribution in [0.5, 0.6) is 0 Å². The van der Waals surface area contributed by atoms with Crippen molar-refractivity contribution in [3.8, 4) is 0 Å². The maximum absolute atomic E-state index is 11.6. The molecule has 0 saturated carbocycles. The van der Waals surface area contributed by atoms with Crippen molar-refractivity contribution in [1.82, 2.24) is 5.32 Å². The van der Waals surface area contributed by atoms with E-state index in [1.54, 1.807) is 11.3 Å². The molecular weight excluding hydrogens is 264 g/mol. The number of nitrogens with two attached hydrogens (primary N) is 1. The third kappa shape index (κ3) is 4.09. The molecule has 1 aromatic heterocycles. The molecule has 5 heteroatoms. The third-order valence-electron chi connectivity index (χ3n) is 2.27. The van der Waals surface area contributed by atoms with Crippen LogP contribution < -0.4 is 11.1 Å². The molecule has 1 heterocycles. The Bertz CT molecular complexity index is 511. The van der Waals surface area contributed by atoms with Crippen molar-refractivity contribution in [1.29, 1.82) is 0 Å². The summed E-state index contributed by atoms with van der Waals surface area (Å²) in [4.78, 5) is 13.8. The van der Waals surface area contributed by atoms with Gasteiger partial charge < -0.3 is 11.1 Å². The monoisotopic (exact) mass is 278 g/mol. The van der Waals surface area contributed by atoms with Crippen molar-refractivity contribution in [3.05, 3.63) is 46.7 Å². The van der Waals surface area contributed by atoms with Crippen molar-refractivity contribution >= 4 is 34.7 Å². The number of carbonyl (C=O) groups excluding carboxylic acids is 1. The highest BCUT2D eigenvalue weighted by Gasteiger charge is 2.03. The Hall–Kier alpha value is -1.46. The van der Waals surface area contributed by atoms with Crippen LogP contribution in [-0.2, 0) is 11.3 Å². The van der Waals surface area contributed by atoms with Gasteiger partial charge in [0, 0.05) is 15.5 Å². The van der Waals surface area contributed by atoms with Gasteiger partial charge in [0.25, 0.3) is 0 Å². The first kappa shape index (κ1) is 13.0. The highest BCUT2D eigenvalue weighted by Crippen LogP contribution is 2.19. The smallest absolute Gasteiger partial charge is 0.230 e. The number of hydrogen-bond donors (Lipinski definition) is 2. The number of carbonyl (C=O) groups is 1. The first-order chi connectivity index (χ1) is 8.74. The van der Waals surface area contributed by atoms with Gasteiger partial charge in [-0.3, -0.25) is 4.79 Å². The molecular formula is C13H14N2OS2. The zero-order valence-electron chi connectivity index (χ0n) is 9.76. The number of thioether (sulfide) groups is 1. The summed E-state index contributed by atoms with van der Waals surface area (Å²) < 4.78 is 0. The summed E-state index contributed by atoms with van der Waals surface area (Å²) in [5, 5.41) is 4.89. The fraction of sp³-hybridized carbons (Fsp3) is 0.154. The SMILES string of the molecule is Nc1cccc(SCC(=O)NCc2cccs2)c1. The zero-order valence-corrected chi connectivity index (χ0v) is 11.4. The molecule has 1 aromatic carbocycles. The van der Waals surface area contributed by atoms with E-state index >= 15 is 0 Å². The van der Waals surface area contributed by atoms with Gasteiger partial charge in [-0.2, -0.15) is 0 Å². The lowest BCUT2D eigenvalue weighted by Gasteiger charge is -2.04. The molecule has 0 aliphatic heterocycles. The maximum Gasteiger partial charge on any atom is 0.230 e. The zero-order chi connectivity index (χ0) is 12.8. The van der Waals surface area contributed by atoms with Crippen LogP contribution in [0.4, 0.5) is 5.69 Å². The summed E-state index contributed by atoms with van der Waals surface area (Å²) in [7, 11) is 0. The van der Waals surface area contributed by atoms with Gasteiger partial charge >= 0.3 is 0 Å². The third-order valence-corrected chi connectivity index (χ3v) is 4.14. The van der Waals surface area contributed by atoms with Crippen LogP contribution in [0.3, 0.4) is 0 Å². The molecule has 2 aromatic rings. The Morgan fingerprint density at radius 1 is 1.33 bits per heavy atom. The van der Waals surface area contributed by atoms with Crippen LogP contribution in [-0.4, -0.2) is 11.7 Å². The lowest BCUT2D eigenvalue weighted by atomic mass is 10.3. The summed E-state index contributed by atoms with van der Waals surface area (Å²) in [5.41, 5.74) is 6.40. The van der Waals surface area contributed by atoms with Gasteiger partial charge in [0.15, 0.2) is 0 Å². The molecule has 2 rings (SSSR count). The molecule has 0 aliphatic carbocycles. The molecule has 0 unspecified atom stereocenters. The lowest BCUT2D eigenvalue weighted by molar-refractivity contribution is -0.118. The Morgan fingerprint density at radius 3 is 2.94 bits per heavy atom. The van der Waals surface area contributed by atoms with E-state index in [0.717, 1.165) is 15.5 Å². The molecule has 3 nitrogen and oxygen atoms in total. The molecule has 1 amide bonds. The summed E-state index contributed by atoms with van der Waals surface area (Å²) in [5.74, 6) is 0.449. The summed E-state index contributed by atoms with van der Waals surface area (Å²) in [6.45, 7) is 0.605. The van der Waals surface area contributed by atoms with E-state index < -0.39 is 0 Å². The molecule has 18 heavy (non-hydrogen) atoms. The molecule has 0 atom stereocenters. The van der Waals surface area contributed by atoms with E-state index in [1.807, 2.05) is 41.8 Å². The quantitative estimate of drug-likeness (QED) is 0.653. The van der Waals surface area contributed by atoms with Gasteiger partial charge in [-0.25, -0.2) is 0 Å². The second-order valence-electron chi connectivity index (χ2n) is 3.72. The Kier molecular flexibility index (Phi) is 4.66. The van der Waals surface area contributed by atoms with E-state index in [2.05, 4.69) is 5.32 Å². The molecule has 3 N–H and O–H groups in total. The fourth-order valence-electron chi connectivity index (χ4n) is 1.40. The number of amides is 1. The lowest BCUT2D eigenvalue weighted by Crippen LogP contribution is -2.24. The summed E-state index contributed by atoms with van der Waals surface area (Å²) >= 11 is 3.13. The topological polar surface area (TPSA) is 55.1 Å². The van der Waals surface area contributed by atoms with Crippen LogP contribution in [0.25, 0.3) is 0 Å². The van der Waals surface area contributed by atoms with Crippen LogP contribution in [0, 0.1) is 0 Å². The van der Waals surface area contributed by atoms with E-state index in [0.29, 0.717) is 12.3 Å². The van der Waals surface area contributed by atoms with Gasteiger partial charge in [0.2, 0.25) is 5.91 Å². The van der Waals surface area contributed by atoms with Crippen LogP contribution in [0.15, 0.2) is 46.7 Å². The largest absolute Gasteiger partial charge is 0.399 e. The van der Waals surface area contributed by atoms with Crippen molar-refractivity contribution in [2.45, 2.75) is 11.4 Å². The molecule has 0 spiro atoms. The number of hydrogen-bond acceptors (Lipinski definition) is 4. The second kappa shape index (κ2) is 6.47. The van der Waals surface area contributed by atoms with Gasteiger partial charge in [-0.05, 0) is 29.6 Å². The van der Waals surface area contributed by atoms with E-state index in [9.17, 15) is 4.79 Å². The number of nitrogen functional groups attached to an aromatic ring is 1. The average Bonchev–Trinajstić information content (AvgIpc) is 2.87. The molecule has 0 radical (unpaired) electrons. The normalized spacial score (nSPS) is 10.2. The first-order valence-corrected chi connectivity index (χ1v) is 7.38. The van der Waals surface area contributed by atoms with Gasteiger partial charge in [-0.1, -0.05) is 12.1 Å². The van der Waals surface area contributed by atoms with E-state index in [4.69, 9.17) is 5.73 Å². The number of anilines is 1. The predicted octanol–water partition coefficient (Wildman–Crippen LogP) is 2.74. The molecule has 94 valence electrons. The standard InChI is InChI=1S/C13H14N2OS2/c14-10-3-1-4-11(7-10)18-9-13(16)15-8-12-5-2-6-17-12/h1-7H,8-9,14H2,(H,15,16). The van der Waals surface area contributed by atoms with Crippen LogP contribution in [0.2, 0.25) is 0 Å². The second-order valence-corrected chi connectivity index (χ2v) is 5.80. The first-order valence-electron chi connectivity index (χ1n) is 5.51. The highest BCUT2D eigenvalue weighted by molar-refractivity contribution is 8.00. The number of benzene rings is 1. The van der Waals surface area contributed by atoms with Gasteiger partial charge in [-0.15, -0.1) is 23.1 Å². The average molecular weight is 278 g/mol. The molecule has 0 bridgehead atoms. The fourth-order valence-corrected chi connectivity index (χ4v) is 2.84. The minimum absolute atomic E-state index is 0.0378. The summed E-state index contributed by atoms with van der Waals surface area (Å²) in [6.07, 6.45) is 0. The van der Waals surface area contributed by atoms with Crippen LogP contribution in [0.1, 0.15) is 4.88 Å². The number of rotatable bonds is 5. The van der Waals surface area contributed by atoms with Crippen molar-refractivity contribution < 1.29 is 4.79 Å². The van der Waals surface area contributed by atoms with Gasteiger partial charge in [0.05, 0.1) is 12.3 Å². The van der Waals surface area contributed by atoms with Crippen molar-refractivity contribution in [3.63, 3.8) is 0 Å². The Labute approximate surface area is 114 Å². The number of nitrogens with one attached hydrogen (secondary N) is 1. The predicted molar refractivity (Wildman–Crippen MR) is 77.7 cm³/mol. The van der Waals surface area contributed by atoms with Gasteiger partial charge in [0.1, 0.15) is 0 Å². The van der Waals surface area contributed by atoms with E-state index in [-0.39, 0.29) is 5.91 Å². The van der Waals surface area contributed by atoms with Crippen molar-refractivity contribution in [2.75, 3.05) is 11.5 Å². The summed E-state index contributed by atoms with van der Waals surface area (Å²) in [6, 6.07) is 11.5. The van der Waals surface area contributed by atoms with E-state index in [1.165, 1.54) is 11.8 Å². The van der Waals surface area contributed by atoms with Crippen molar-refractivity contribution in [2.24, 2.45) is 0 Å². The Balaban J connectivity index is 1.75. The number of thiophene rings is 1. The highest BCUT2D eigenvalue weighted by atomic mass is 32.2. The minimum atomic E-state index is 0.0378. The van der Waals surface area contributed by atoms with Crippen LogP contribution >= 0.6 is 23.1 Å². The molecule has 0 saturated heterocycles.